The second-order valence-corrected chi connectivity index (χ2v) is 7.23. The van der Waals surface area contributed by atoms with E-state index in [0.717, 1.165) is 80.9 Å². The van der Waals surface area contributed by atoms with Gasteiger partial charge in [0, 0.05) is 0 Å². The summed E-state index contributed by atoms with van der Waals surface area (Å²) in [5, 5.41) is 20.2. The third-order valence-corrected chi connectivity index (χ3v) is 5.40. The highest BCUT2D eigenvalue weighted by Gasteiger charge is 2.32. The van der Waals surface area contributed by atoms with Crippen molar-refractivity contribution < 1.29 is 15.0 Å². The number of hydrogen-bond acceptors (Lipinski definition) is 2. The first-order chi connectivity index (χ1) is 11.6. The summed E-state index contributed by atoms with van der Waals surface area (Å²) in [6.07, 6.45) is 9.87. The van der Waals surface area contributed by atoms with Gasteiger partial charge in [-0.2, -0.15) is 0 Å². The molecule has 0 saturated heterocycles. The fraction of sp³-hybridized carbons (Fsp3) is 0.667. The molecule has 2 unspecified atom stereocenters. The van der Waals surface area contributed by atoms with Gasteiger partial charge in [-0.1, -0.05) is 51.7 Å². The molecule has 1 saturated carbocycles. The van der Waals surface area contributed by atoms with Crippen LogP contribution >= 0.6 is 0 Å². The number of aliphatic carboxylic acids is 1. The molecule has 0 heterocycles. The van der Waals surface area contributed by atoms with Crippen LogP contribution in [0.1, 0.15) is 87.8 Å². The Morgan fingerprint density at radius 2 is 1.58 bits per heavy atom. The predicted molar refractivity (Wildman–Crippen MR) is 97.7 cm³/mol. The Morgan fingerprint density at radius 3 is 2.08 bits per heavy atom. The van der Waals surface area contributed by atoms with Crippen LogP contribution in [0.3, 0.4) is 0 Å². The third-order valence-electron chi connectivity index (χ3n) is 5.40. The number of phenols is 1. The van der Waals surface area contributed by atoms with Crippen molar-refractivity contribution in [2.24, 2.45) is 5.92 Å². The van der Waals surface area contributed by atoms with E-state index >= 15 is 0 Å². The maximum Gasteiger partial charge on any atom is 0.307 e. The molecule has 0 aromatic heterocycles. The largest absolute Gasteiger partial charge is 0.507 e. The first-order valence-electron chi connectivity index (χ1n) is 9.65. The minimum Gasteiger partial charge on any atom is -0.507 e. The molecule has 0 aliphatic heterocycles. The van der Waals surface area contributed by atoms with E-state index in [4.69, 9.17) is 0 Å². The average Bonchev–Trinajstić information content (AvgIpc) is 2.59. The van der Waals surface area contributed by atoms with E-state index in [9.17, 15) is 15.0 Å². The Hall–Kier alpha value is -1.51. The van der Waals surface area contributed by atoms with Crippen LogP contribution in [-0.4, -0.2) is 16.2 Å². The van der Waals surface area contributed by atoms with Crippen molar-refractivity contribution in [2.45, 2.75) is 84.0 Å². The molecule has 134 valence electrons. The van der Waals surface area contributed by atoms with Gasteiger partial charge < -0.3 is 10.2 Å². The predicted octanol–water partition coefficient (Wildman–Crippen LogP) is 5.44. The van der Waals surface area contributed by atoms with Crippen LogP contribution < -0.4 is 0 Å². The topological polar surface area (TPSA) is 57.5 Å². The Balaban J connectivity index is 2.37. The van der Waals surface area contributed by atoms with Crippen LogP contribution in [0.2, 0.25) is 0 Å². The Morgan fingerprint density at radius 1 is 1.04 bits per heavy atom. The Kier molecular flexibility index (Phi) is 7.14. The number of aromatic hydroxyl groups is 1. The molecule has 24 heavy (non-hydrogen) atoms. The van der Waals surface area contributed by atoms with Gasteiger partial charge in [0.25, 0.3) is 0 Å². The molecule has 0 bridgehead atoms. The number of carbonyl (C=O) groups is 1. The summed E-state index contributed by atoms with van der Waals surface area (Å²) in [6.45, 7) is 4.31. The lowest BCUT2D eigenvalue weighted by Crippen LogP contribution is -2.25. The van der Waals surface area contributed by atoms with Crippen molar-refractivity contribution in [2.75, 3.05) is 0 Å². The summed E-state index contributed by atoms with van der Waals surface area (Å²) in [7, 11) is 0. The maximum absolute atomic E-state index is 11.7. The molecule has 0 radical (unpaired) electrons. The summed E-state index contributed by atoms with van der Waals surface area (Å²) in [5.74, 6) is -0.403. The van der Waals surface area contributed by atoms with Crippen LogP contribution in [0.4, 0.5) is 0 Å². The van der Waals surface area contributed by atoms with E-state index in [0.29, 0.717) is 5.75 Å². The van der Waals surface area contributed by atoms with Crippen molar-refractivity contribution in [1.29, 1.82) is 0 Å². The van der Waals surface area contributed by atoms with Crippen LogP contribution in [-0.2, 0) is 17.6 Å². The monoisotopic (exact) mass is 332 g/mol. The lowest BCUT2D eigenvalue weighted by Gasteiger charge is -2.30. The molecule has 0 spiro atoms. The fourth-order valence-electron chi connectivity index (χ4n) is 3.94. The summed E-state index contributed by atoms with van der Waals surface area (Å²) < 4.78 is 0. The van der Waals surface area contributed by atoms with Gasteiger partial charge in [-0.3, -0.25) is 4.79 Å². The summed E-state index contributed by atoms with van der Waals surface area (Å²) in [6, 6.07) is 4.18. The quantitative estimate of drug-likeness (QED) is 0.667. The van der Waals surface area contributed by atoms with Crippen molar-refractivity contribution in [3.05, 3.63) is 28.8 Å². The molecular weight excluding hydrogens is 300 g/mol. The van der Waals surface area contributed by atoms with Gasteiger partial charge in [-0.15, -0.1) is 0 Å². The molecule has 1 fully saturated rings. The Labute approximate surface area is 146 Å². The molecule has 3 nitrogen and oxygen atoms in total. The second-order valence-electron chi connectivity index (χ2n) is 7.23. The second kappa shape index (κ2) is 9.10. The van der Waals surface area contributed by atoms with E-state index in [1.165, 1.54) is 0 Å². The maximum atomic E-state index is 11.7. The molecule has 0 amide bonds. The number of aryl methyl sites for hydroxylation is 2. The normalized spacial score (nSPS) is 20.9. The van der Waals surface area contributed by atoms with Gasteiger partial charge in [-0.25, -0.2) is 0 Å². The fourth-order valence-corrected chi connectivity index (χ4v) is 3.94. The minimum absolute atomic E-state index is 0.0950. The van der Waals surface area contributed by atoms with E-state index in [1.807, 2.05) is 0 Å². The lowest BCUT2D eigenvalue weighted by atomic mass is 9.74. The molecule has 1 aromatic carbocycles. The van der Waals surface area contributed by atoms with Crippen LogP contribution in [0.15, 0.2) is 12.1 Å². The zero-order valence-corrected chi connectivity index (χ0v) is 15.2. The first kappa shape index (κ1) is 18.8. The zero-order chi connectivity index (χ0) is 17.5. The Bertz CT molecular complexity index is 521. The molecule has 2 rings (SSSR count). The van der Waals surface area contributed by atoms with Gasteiger partial charge in [0.15, 0.2) is 0 Å². The SMILES string of the molecule is CCCCc1cc(C2CCCCC2C(=O)O)cc(CCCC)c1O. The molecule has 1 aliphatic carbocycles. The number of rotatable bonds is 8. The lowest BCUT2D eigenvalue weighted by molar-refractivity contribution is -0.143. The van der Waals surface area contributed by atoms with Gasteiger partial charge in [-0.05, 0) is 61.1 Å². The van der Waals surface area contributed by atoms with E-state index in [2.05, 4.69) is 26.0 Å². The molecule has 1 aliphatic rings. The molecule has 3 heteroatoms. The number of carboxylic acids is 1. The molecule has 2 atom stereocenters. The van der Waals surface area contributed by atoms with Crippen molar-refractivity contribution in [1.82, 2.24) is 0 Å². The zero-order valence-electron chi connectivity index (χ0n) is 15.2. The highest BCUT2D eigenvalue weighted by Crippen LogP contribution is 2.40. The summed E-state index contributed by atoms with van der Waals surface area (Å²) in [4.78, 5) is 11.7. The molecule has 1 aromatic rings. The van der Waals surface area contributed by atoms with Crippen molar-refractivity contribution in [3.8, 4) is 5.75 Å². The first-order valence-corrected chi connectivity index (χ1v) is 9.65. The van der Waals surface area contributed by atoms with E-state index in [-0.39, 0.29) is 11.8 Å². The average molecular weight is 332 g/mol. The highest BCUT2D eigenvalue weighted by atomic mass is 16.4. The van der Waals surface area contributed by atoms with Gasteiger partial charge in [0.2, 0.25) is 0 Å². The summed E-state index contributed by atoms with van der Waals surface area (Å²) in [5.41, 5.74) is 3.16. The van der Waals surface area contributed by atoms with Gasteiger partial charge >= 0.3 is 5.97 Å². The number of benzene rings is 1. The number of unbranched alkanes of at least 4 members (excludes halogenated alkanes) is 2. The molecular formula is C21H32O3. The number of phenolic OH excluding ortho intramolecular Hbond substituents is 1. The number of hydrogen-bond donors (Lipinski definition) is 2. The number of carboxylic acid groups (broad SMARTS) is 1. The summed E-state index contributed by atoms with van der Waals surface area (Å²) >= 11 is 0. The van der Waals surface area contributed by atoms with Gasteiger partial charge in [0.05, 0.1) is 5.92 Å². The molecule has 2 N–H and O–H groups in total. The van der Waals surface area contributed by atoms with Crippen LogP contribution in [0.25, 0.3) is 0 Å². The van der Waals surface area contributed by atoms with Gasteiger partial charge in [0.1, 0.15) is 5.75 Å². The van der Waals surface area contributed by atoms with Crippen molar-refractivity contribution in [3.63, 3.8) is 0 Å². The van der Waals surface area contributed by atoms with Crippen molar-refractivity contribution >= 4 is 5.97 Å². The smallest absolute Gasteiger partial charge is 0.307 e. The van der Waals surface area contributed by atoms with E-state index < -0.39 is 5.97 Å². The van der Waals surface area contributed by atoms with Crippen LogP contribution in [0.5, 0.6) is 5.75 Å². The standard InChI is InChI=1S/C21H32O3/c1-3-5-9-15-13-17(14-16(20(15)22)10-6-4-2)18-11-7-8-12-19(18)21(23)24/h13-14,18-19,22H,3-12H2,1-2H3,(H,23,24). The third kappa shape index (κ3) is 4.52. The highest BCUT2D eigenvalue weighted by molar-refractivity contribution is 5.71. The van der Waals surface area contributed by atoms with E-state index in [1.54, 1.807) is 0 Å². The minimum atomic E-state index is -0.669. The van der Waals surface area contributed by atoms with Crippen LogP contribution in [0, 0.1) is 5.92 Å².